The third-order valence-electron chi connectivity index (χ3n) is 6.65. The van der Waals surface area contributed by atoms with Crippen LogP contribution in [0.5, 0.6) is 5.75 Å². The summed E-state index contributed by atoms with van der Waals surface area (Å²) in [6.07, 6.45) is 5.04. The van der Waals surface area contributed by atoms with Gasteiger partial charge in [0, 0.05) is 30.7 Å². The SMILES string of the molecule is O=C(Cc1cccc(O)c1)N1CCC[C@@]2(CCCN2Cc2cc(F)ccc2F)CC1. The summed E-state index contributed by atoms with van der Waals surface area (Å²) in [6.45, 7) is 2.65. The molecule has 0 saturated carbocycles. The molecule has 0 radical (unpaired) electrons. The molecule has 2 heterocycles. The van der Waals surface area contributed by atoms with Gasteiger partial charge < -0.3 is 10.0 Å². The molecule has 6 heteroatoms. The third-order valence-corrected chi connectivity index (χ3v) is 6.65. The Morgan fingerprint density at radius 2 is 1.80 bits per heavy atom. The lowest BCUT2D eigenvalue weighted by Crippen LogP contribution is -2.44. The molecule has 0 unspecified atom stereocenters. The van der Waals surface area contributed by atoms with Crippen molar-refractivity contribution in [2.24, 2.45) is 0 Å². The van der Waals surface area contributed by atoms with Crippen LogP contribution in [0.25, 0.3) is 0 Å². The van der Waals surface area contributed by atoms with Gasteiger partial charge in [0.25, 0.3) is 0 Å². The highest BCUT2D eigenvalue weighted by molar-refractivity contribution is 5.79. The molecule has 2 fully saturated rings. The number of phenolic OH excluding ortho intramolecular Hbond substituents is 1. The Morgan fingerprint density at radius 1 is 1.00 bits per heavy atom. The normalized spacial score (nSPS) is 22.4. The predicted octanol–water partition coefficient (Wildman–Crippen LogP) is 4.26. The van der Waals surface area contributed by atoms with E-state index in [0.717, 1.165) is 50.3 Å². The summed E-state index contributed by atoms with van der Waals surface area (Å²) in [5, 5.41) is 9.63. The van der Waals surface area contributed by atoms with E-state index in [2.05, 4.69) is 4.90 Å². The van der Waals surface area contributed by atoms with Gasteiger partial charge in [0.15, 0.2) is 0 Å². The minimum Gasteiger partial charge on any atom is -0.508 e. The first kappa shape index (κ1) is 20.8. The van der Waals surface area contributed by atoms with Crippen LogP contribution >= 0.6 is 0 Å². The maximum atomic E-state index is 14.2. The van der Waals surface area contributed by atoms with Crippen LogP contribution in [0.2, 0.25) is 0 Å². The Bertz CT molecular complexity index is 920. The van der Waals surface area contributed by atoms with E-state index in [0.29, 0.717) is 25.2 Å². The molecule has 1 amide bonds. The number of nitrogens with zero attached hydrogens (tertiary/aromatic N) is 2. The van der Waals surface area contributed by atoms with Crippen molar-refractivity contribution in [2.75, 3.05) is 19.6 Å². The maximum absolute atomic E-state index is 14.2. The van der Waals surface area contributed by atoms with Gasteiger partial charge in [0.05, 0.1) is 6.42 Å². The number of hydrogen-bond donors (Lipinski definition) is 1. The first-order chi connectivity index (χ1) is 14.4. The van der Waals surface area contributed by atoms with Crippen LogP contribution in [0.4, 0.5) is 8.78 Å². The molecule has 1 atom stereocenters. The van der Waals surface area contributed by atoms with E-state index in [1.165, 1.54) is 12.1 Å². The number of benzene rings is 2. The highest BCUT2D eigenvalue weighted by Gasteiger charge is 2.42. The van der Waals surface area contributed by atoms with E-state index in [9.17, 15) is 18.7 Å². The molecule has 2 aliphatic heterocycles. The lowest BCUT2D eigenvalue weighted by atomic mass is 9.87. The van der Waals surface area contributed by atoms with Crippen molar-refractivity contribution in [3.05, 3.63) is 65.2 Å². The first-order valence-corrected chi connectivity index (χ1v) is 10.7. The smallest absolute Gasteiger partial charge is 0.226 e. The lowest BCUT2D eigenvalue weighted by molar-refractivity contribution is -0.130. The third kappa shape index (κ3) is 4.48. The Balaban J connectivity index is 1.43. The molecule has 160 valence electrons. The zero-order valence-electron chi connectivity index (χ0n) is 17.1. The van der Waals surface area contributed by atoms with Crippen molar-refractivity contribution >= 4 is 5.91 Å². The fourth-order valence-electron chi connectivity index (χ4n) is 5.06. The van der Waals surface area contributed by atoms with Crippen molar-refractivity contribution in [1.29, 1.82) is 0 Å². The fourth-order valence-corrected chi connectivity index (χ4v) is 5.06. The Labute approximate surface area is 176 Å². The number of carbonyl (C=O) groups is 1. The van der Waals surface area contributed by atoms with E-state index >= 15 is 0 Å². The van der Waals surface area contributed by atoms with E-state index in [1.54, 1.807) is 18.2 Å². The summed E-state index contributed by atoms with van der Waals surface area (Å²) >= 11 is 0. The van der Waals surface area contributed by atoms with Crippen LogP contribution in [-0.2, 0) is 17.8 Å². The summed E-state index contributed by atoms with van der Waals surface area (Å²) in [7, 11) is 0. The molecule has 1 spiro atoms. The minimum absolute atomic E-state index is 0.0567. The molecule has 0 aromatic heterocycles. The van der Waals surface area contributed by atoms with Gasteiger partial charge >= 0.3 is 0 Å². The molecule has 1 N–H and O–H groups in total. The van der Waals surface area contributed by atoms with E-state index < -0.39 is 5.82 Å². The molecule has 2 aromatic carbocycles. The Kier molecular flexibility index (Phi) is 6.04. The number of halogens is 2. The largest absolute Gasteiger partial charge is 0.508 e. The van der Waals surface area contributed by atoms with Crippen molar-refractivity contribution in [1.82, 2.24) is 9.80 Å². The Hall–Kier alpha value is -2.47. The quantitative estimate of drug-likeness (QED) is 0.813. The predicted molar refractivity (Wildman–Crippen MR) is 111 cm³/mol. The second kappa shape index (κ2) is 8.72. The van der Waals surface area contributed by atoms with Gasteiger partial charge in [-0.25, -0.2) is 8.78 Å². The zero-order chi connectivity index (χ0) is 21.1. The second-order valence-corrected chi connectivity index (χ2v) is 8.57. The lowest BCUT2D eigenvalue weighted by Gasteiger charge is -2.38. The van der Waals surface area contributed by atoms with Gasteiger partial charge in [-0.1, -0.05) is 12.1 Å². The molecule has 30 heavy (non-hydrogen) atoms. The van der Waals surface area contributed by atoms with Gasteiger partial charge in [0.1, 0.15) is 17.4 Å². The molecular weight excluding hydrogens is 386 g/mol. The van der Waals surface area contributed by atoms with Gasteiger partial charge in [-0.2, -0.15) is 0 Å². The fraction of sp³-hybridized carbons (Fsp3) is 0.458. The summed E-state index contributed by atoms with van der Waals surface area (Å²) in [5.41, 5.74) is 1.15. The standard InChI is InChI=1S/C24H28F2N2O2/c25-20-6-7-22(26)19(16-20)17-28-12-3-9-24(28)8-2-11-27(13-10-24)23(30)15-18-4-1-5-21(29)14-18/h1,4-7,14,16,29H,2-3,8-13,15,17H2/t24-/m1/s1. The van der Waals surface area contributed by atoms with Crippen LogP contribution in [-0.4, -0.2) is 46.0 Å². The van der Waals surface area contributed by atoms with Crippen LogP contribution in [0.15, 0.2) is 42.5 Å². The zero-order valence-corrected chi connectivity index (χ0v) is 17.1. The Morgan fingerprint density at radius 3 is 2.60 bits per heavy atom. The summed E-state index contributed by atoms with van der Waals surface area (Å²) in [6, 6.07) is 10.5. The monoisotopic (exact) mass is 414 g/mol. The minimum atomic E-state index is -0.413. The molecule has 0 aliphatic carbocycles. The van der Waals surface area contributed by atoms with Crippen molar-refractivity contribution in [2.45, 2.75) is 50.6 Å². The summed E-state index contributed by atoms with van der Waals surface area (Å²) < 4.78 is 27.8. The number of likely N-dealkylation sites (tertiary alicyclic amines) is 2. The summed E-state index contributed by atoms with van der Waals surface area (Å²) in [5.74, 6) is -0.543. The van der Waals surface area contributed by atoms with Gasteiger partial charge in [-0.15, -0.1) is 0 Å². The molecule has 2 aromatic rings. The average Bonchev–Trinajstić information content (AvgIpc) is 2.95. The van der Waals surface area contributed by atoms with Gasteiger partial charge in [-0.3, -0.25) is 9.69 Å². The molecule has 2 aliphatic rings. The molecule has 2 saturated heterocycles. The number of aromatic hydroxyl groups is 1. The van der Waals surface area contributed by atoms with Crippen molar-refractivity contribution < 1.29 is 18.7 Å². The van der Waals surface area contributed by atoms with Crippen LogP contribution in [0, 0.1) is 11.6 Å². The number of carbonyl (C=O) groups excluding carboxylic acids is 1. The molecule has 0 bridgehead atoms. The molecule has 4 nitrogen and oxygen atoms in total. The maximum Gasteiger partial charge on any atom is 0.226 e. The van der Waals surface area contributed by atoms with E-state index in [-0.39, 0.29) is 29.4 Å². The number of rotatable bonds is 4. The van der Waals surface area contributed by atoms with Gasteiger partial charge in [0.2, 0.25) is 5.91 Å². The van der Waals surface area contributed by atoms with Gasteiger partial charge in [-0.05, 0) is 74.5 Å². The summed E-state index contributed by atoms with van der Waals surface area (Å²) in [4.78, 5) is 17.0. The highest BCUT2D eigenvalue weighted by atomic mass is 19.1. The van der Waals surface area contributed by atoms with E-state index in [1.807, 2.05) is 11.0 Å². The second-order valence-electron chi connectivity index (χ2n) is 8.57. The topological polar surface area (TPSA) is 43.8 Å². The number of phenols is 1. The van der Waals surface area contributed by atoms with E-state index in [4.69, 9.17) is 0 Å². The highest BCUT2D eigenvalue weighted by Crippen LogP contribution is 2.39. The van der Waals surface area contributed by atoms with Crippen LogP contribution in [0.3, 0.4) is 0 Å². The van der Waals surface area contributed by atoms with Crippen molar-refractivity contribution in [3.8, 4) is 5.75 Å². The molecular formula is C24H28F2N2O2. The first-order valence-electron chi connectivity index (χ1n) is 10.7. The number of hydrogen-bond acceptors (Lipinski definition) is 3. The van der Waals surface area contributed by atoms with Crippen molar-refractivity contribution in [3.63, 3.8) is 0 Å². The van der Waals surface area contributed by atoms with Crippen LogP contribution < -0.4 is 0 Å². The number of amides is 1. The average molecular weight is 414 g/mol. The molecule has 4 rings (SSSR count). The van der Waals surface area contributed by atoms with Crippen LogP contribution in [0.1, 0.15) is 43.2 Å².